The maximum Gasteiger partial charge on any atom is 0.380 e. The quantitative estimate of drug-likeness (QED) is 0.262. The molecule has 0 fully saturated rings. The predicted octanol–water partition coefficient (Wildman–Crippen LogP) is 0.313. The highest BCUT2D eigenvalue weighted by Gasteiger charge is 2.45. The lowest BCUT2D eigenvalue weighted by Gasteiger charge is -2.19. The largest absolute Gasteiger partial charge is 0.479 e. The number of carbonyl (C=O) groups is 1. The number of aromatic nitrogens is 4. The Balaban J connectivity index is 1.64. The van der Waals surface area contributed by atoms with Gasteiger partial charge in [-0.15, -0.1) is 0 Å². The van der Waals surface area contributed by atoms with Gasteiger partial charge in [-0.25, -0.2) is 18.5 Å². The predicted molar refractivity (Wildman–Crippen MR) is 98.4 cm³/mol. The molecule has 0 amide bonds. The van der Waals surface area contributed by atoms with Crippen LogP contribution < -0.4 is 11.3 Å². The maximum absolute atomic E-state index is 13.2. The number of alkyl halides is 1. The molecule has 164 valence electrons. The third-order valence-electron chi connectivity index (χ3n) is 4.02. The van der Waals surface area contributed by atoms with E-state index < -0.39 is 51.1 Å². The molecular weight excluding hydrogens is 451 g/mol. The number of hydrogen-bond acceptors (Lipinski definition) is 9. The first-order valence-electron chi connectivity index (χ1n) is 8.14. The number of nitrogen functional groups attached to an aromatic ring is 1. The molecule has 0 radical (unpaired) electrons. The molecule has 14 nitrogen and oxygen atoms in total. The van der Waals surface area contributed by atoms with Crippen molar-refractivity contribution in [3.63, 3.8) is 0 Å². The Bertz CT molecular complexity index is 1160. The summed E-state index contributed by atoms with van der Waals surface area (Å²) in [7, 11) is -10.5. The summed E-state index contributed by atoms with van der Waals surface area (Å²) >= 11 is 0. The summed E-state index contributed by atoms with van der Waals surface area (Å²) in [5.41, 5.74) is 5.29. The molecule has 0 aliphatic heterocycles. The summed E-state index contributed by atoms with van der Waals surface area (Å²) in [5.74, 6) is -5.81. The highest BCUT2D eigenvalue weighted by Crippen LogP contribution is 2.62. The van der Waals surface area contributed by atoms with Crippen LogP contribution in [0.25, 0.3) is 11.2 Å². The molecule has 6 N–H and O–H groups in total. The van der Waals surface area contributed by atoms with Crippen molar-refractivity contribution in [3.8, 4) is 0 Å². The zero-order valence-electron chi connectivity index (χ0n) is 14.9. The molecule has 5 atom stereocenters. The standard InChI is InChI=1S/C13H16FN5O9P2/c14-9(12(21)22)30(25,26)28-29(23,24)5-27-7-2-1-6(3-7)19-4-16-8-10(19)17-13(15)18-11(8)20/h1-2,4,6-7,9H,3,5H2,(H,21,22)(H,23,24)(H,25,26)(H3,15,17,18,20)/t6-,7+,9?/m1/s1. The second-order valence-electron chi connectivity index (χ2n) is 6.25. The third-order valence-corrected chi connectivity index (χ3v) is 7.24. The molecule has 0 bridgehead atoms. The second kappa shape index (κ2) is 8.02. The number of nitrogens with one attached hydrogen (secondary N) is 1. The Labute approximate surface area is 166 Å². The first kappa shape index (κ1) is 22.3. The molecule has 17 heteroatoms. The third kappa shape index (κ3) is 4.67. The van der Waals surface area contributed by atoms with Gasteiger partial charge in [0.15, 0.2) is 11.2 Å². The van der Waals surface area contributed by atoms with Crippen molar-refractivity contribution in [2.24, 2.45) is 0 Å². The Morgan fingerprint density at radius 3 is 2.80 bits per heavy atom. The van der Waals surface area contributed by atoms with E-state index in [2.05, 4.69) is 19.3 Å². The lowest BCUT2D eigenvalue weighted by Crippen LogP contribution is -2.17. The number of carboxylic acid groups (broad SMARTS) is 1. The Morgan fingerprint density at radius 2 is 2.13 bits per heavy atom. The van der Waals surface area contributed by atoms with Crippen LogP contribution in [0.1, 0.15) is 12.5 Å². The van der Waals surface area contributed by atoms with E-state index >= 15 is 0 Å². The molecule has 0 aromatic carbocycles. The molecule has 0 saturated carbocycles. The molecule has 1 aliphatic rings. The van der Waals surface area contributed by atoms with E-state index in [9.17, 15) is 32.9 Å². The fourth-order valence-corrected chi connectivity index (χ4v) is 5.38. The Hall–Kier alpha value is -2.41. The summed E-state index contributed by atoms with van der Waals surface area (Å²) in [5, 5.41) is 8.41. The lowest BCUT2D eigenvalue weighted by molar-refractivity contribution is -0.140. The van der Waals surface area contributed by atoms with Crippen molar-refractivity contribution in [2.75, 3.05) is 12.1 Å². The molecule has 3 rings (SSSR count). The van der Waals surface area contributed by atoms with Gasteiger partial charge in [-0.3, -0.25) is 18.9 Å². The normalized spacial score (nSPS) is 23.8. The average molecular weight is 467 g/mol. The fraction of sp³-hybridized carbons (Fsp3) is 0.385. The van der Waals surface area contributed by atoms with Gasteiger partial charge >= 0.3 is 21.2 Å². The zero-order valence-corrected chi connectivity index (χ0v) is 16.6. The van der Waals surface area contributed by atoms with Gasteiger partial charge in [0.05, 0.1) is 18.5 Å². The number of carboxylic acids is 1. The van der Waals surface area contributed by atoms with E-state index in [0.29, 0.717) is 0 Å². The smallest absolute Gasteiger partial charge is 0.380 e. The van der Waals surface area contributed by atoms with Gasteiger partial charge in [-0.2, -0.15) is 4.98 Å². The van der Waals surface area contributed by atoms with Gasteiger partial charge in [-0.05, 0) is 0 Å². The van der Waals surface area contributed by atoms with Crippen LogP contribution in [-0.4, -0.2) is 58.7 Å². The van der Waals surface area contributed by atoms with Crippen LogP contribution in [0.5, 0.6) is 0 Å². The Kier molecular flexibility index (Phi) is 5.96. The second-order valence-corrected chi connectivity index (χ2v) is 10.0. The van der Waals surface area contributed by atoms with E-state index in [-0.39, 0.29) is 23.5 Å². The minimum atomic E-state index is -5.55. The summed E-state index contributed by atoms with van der Waals surface area (Å²) in [4.78, 5) is 51.4. The van der Waals surface area contributed by atoms with Gasteiger partial charge < -0.3 is 29.9 Å². The number of nitrogens with zero attached hydrogens (tertiary/aromatic N) is 3. The summed E-state index contributed by atoms with van der Waals surface area (Å²) in [6.07, 6.45) is 2.88. The number of imidazole rings is 1. The van der Waals surface area contributed by atoms with E-state index in [1.807, 2.05) is 0 Å². The maximum atomic E-state index is 13.2. The minimum Gasteiger partial charge on any atom is -0.479 e. The van der Waals surface area contributed by atoms with Gasteiger partial charge in [0.2, 0.25) is 5.95 Å². The highest BCUT2D eigenvalue weighted by atomic mass is 31.3. The van der Waals surface area contributed by atoms with Crippen molar-refractivity contribution < 1.29 is 42.3 Å². The molecule has 2 aromatic rings. The van der Waals surface area contributed by atoms with Crippen molar-refractivity contribution in [1.29, 1.82) is 0 Å². The van der Waals surface area contributed by atoms with Crippen molar-refractivity contribution in [3.05, 3.63) is 28.8 Å². The molecule has 2 aromatic heterocycles. The fourth-order valence-electron chi connectivity index (χ4n) is 2.74. The number of hydrogen-bond donors (Lipinski definition) is 5. The van der Waals surface area contributed by atoms with E-state index in [1.54, 1.807) is 6.08 Å². The van der Waals surface area contributed by atoms with Crippen LogP contribution in [0.2, 0.25) is 0 Å². The average Bonchev–Trinajstić information content (AvgIpc) is 3.25. The molecule has 2 heterocycles. The van der Waals surface area contributed by atoms with E-state index in [4.69, 9.17) is 15.6 Å². The number of aromatic amines is 1. The topological polar surface area (TPSA) is 220 Å². The van der Waals surface area contributed by atoms with Crippen LogP contribution >= 0.6 is 15.2 Å². The highest BCUT2D eigenvalue weighted by molar-refractivity contribution is 7.66. The van der Waals surface area contributed by atoms with Gasteiger partial charge in [-0.1, -0.05) is 12.2 Å². The summed E-state index contributed by atoms with van der Waals surface area (Å²) in [6.45, 7) is 0. The van der Waals surface area contributed by atoms with E-state index in [0.717, 1.165) is 0 Å². The van der Waals surface area contributed by atoms with Crippen LogP contribution in [0.3, 0.4) is 0 Å². The number of ether oxygens (including phenoxy) is 1. The number of H-pyrrole nitrogens is 1. The number of nitrogens with two attached hydrogens (primary N) is 1. The first-order chi connectivity index (χ1) is 13.9. The zero-order chi connectivity index (χ0) is 22.3. The van der Waals surface area contributed by atoms with Crippen molar-refractivity contribution >= 4 is 38.3 Å². The van der Waals surface area contributed by atoms with Gasteiger partial charge in [0.1, 0.15) is 6.35 Å². The SMILES string of the molecule is Nc1nc2c(ncn2[C@@H]2C=C[C@H](OCP(=O)(O)OP(=O)(O)C(F)C(=O)O)C2)c(=O)[nH]1. The number of anilines is 1. The minimum absolute atomic E-state index is 0.0631. The first-order valence-corrected chi connectivity index (χ1v) is 11.6. The number of fused-ring (bicyclic) bond motifs is 1. The number of rotatable bonds is 8. The van der Waals surface area contributed by atoms with Crippen molar-refractivity contribution in [1.82, 2.24) is 19.5 Å². The Morgan fingerprint density at radius 1 is 1.43 bits per heavy atom. The van der Waals surface area contributed by atoms with Gasteiger partial charge in [0.25, 0.3) is 11.5 Å². The molecule has 0 saturated heterocycles. The molecule has 1 aliphatic carbocycles. The monoisotopic (exact) mass is 467 g/mol. The number of halogens is 1. The number of aliphatic carboxylic acids is 1. The van der Waals surface area contributed by atoms with Crippen LogP contribution in [0.15, 0.2) is 23.3 Å². The molecule has 3 unspecified atom stereocenters. The molecule has 0 spiro atoms. The molecule has 30 heavy (non-hydrogen) atoms. The van der Waals surface area contributed by atoms with Crippen LogP contribution in [0, 0.1) is 0 Å². The van der Waals surface area contributed by atoms with Gasteiger partial charge in [0, 0.05) is 6.42 Å². The van der Waals surface area contributed by atoms with Crippen LogP contribution in [0.4, 0.5) is 10.3 Å². The lowest BCUT2D eigenvalue weighted by atomic mass is 10.2. The van der Waals surface area contributed by atoms with E-state index in [1.165, 1.54) is 17.0 Å². The van der Waals surface area contributed by atoms with Crippen molar-refractivity contribution in [2.45, 2.75) is 24.5 Å². The van der Waals surface area contributed by atoms with Crippen LogP contribution in [-0.2, 0) is 23.0 Å². The molecular formula is C13H16FN5O9P2. The number of allylic oxidation sites excluding steroid dienone is 1. The summed E-state index contributed by atoms with van der Waals surface area (Å²) in [6, 6.07) is -0.404. The summed E-state index contributed by atoms with van der Waals surface area (Å²) < 4.78 is 47.2.